The lowest BCUT2D eigenvalue weighted by Crippen LogP contribution is -2.11. The number of methoxy groups -OCH3 is 1. The van der Waals surface area contributed by atoms with Crippen LogP contribution in [0.4, 0.5) is 0 Å². The second-order valence-electron chi connectivity index (χ2n) is 3.12. The Balaban J connectivity index is 2.86. The van der Waals surface area contributed by atoms with Crippen LogP contribution in [0.25, 0.3) is 0 Å². The van der Waals surface area contributed by atoms with Crippen molar-refractivity contribution in [3.05, 3.63) is 29.8 Å². The van der Waals surface area contributed by atoms with Crippen LogP contribution in [0.1, 0.15) is 24.8 Å². The molecule has 2 heteroatoms. The zero-order valence-electron chi connectivity index (χ0n) is 8.29. The second-order valence-corrected chi connectivity index (χ2v) is 3.12. The Morgan fingerprint density at radius 3 is 2.77 bits per heavy atom. The van der Waals surface area contributed by atoms with E-state index in [9.17, 15) is 0 Å². The summed E-state index contributed by atoms with van der Waals surface area (Å²) in [5.74, 6) is 1.36. The number of nitrogens with two attached hydrogens (primary N) is 1. The molecular weight excluding hydrogens is 162 g/mol. The van der Waals surface area contributed by atoms with Crippen LogP contribution in [0.2, 0.25) is 0 Å². The standard InChI is InChI=1S/C11H17NO/c1-3-9(8-12)10-5-4-6-11(7-10)13-2/h4-7,9H,3,8,12H2,1-2H3/t9-/m1/s1. The summed E-state index contributed by atoms with van der Waals surface area (Å²) in [6.07, 6.45) is 1.07. The van der Waals surface area contributed by atoms with E-state index < -0.39 is 0 Å². The van der Waals surface area contributed by atoms with Gasteiger partial charge in [-0.3, -0.25) is 0 Å². The quantitative estimate of drug-likeness (QED) is 0.768. The molecule has 1 aromatic carbocycles. The molecule has 0 saturated carbocycles. The maximum absolute atomic E-state index is 5.67. The molecule has 0 aliphatic rings. The monoisotopic (exact) mass is 179 g/mol. The molecule has 0 aliphatic heterocycles. The van der Waals surface area contributed by atoms with Gasteiger partial charge in [0.2, 0.25) is 0 Å². The minimum atomic E-state index is 0.454. The van der Waals surface area contributed by atoms with Gasteiger partial charge in [0.15, 0.2) is 0 Å². The Morgan fingerprint density at radius 1 is 1.46 bits per heavy atom. The Morgan fingerprint density at radius 2 is 2.23 bits per heavy atom. The van der Waals surface area contributed by atoms with Crippen LogP contribution < -0.4 is 10.5 Å². The molecule has 0 heterocycles. The number of hydrogen-bond acceptors (Lipinski definition) is 2. The number of benzene rings is 1. The van der Waals surface area contributed by atoms with Gasteiger partial charge >= 0.3 is 0 Å². The fourth-order valence-electron chi connectivity index (χ4n) is 1.43. The largest absolute Gasteiger partial charge is 0.497 e. The van der Waals surface area contributed by atoms with Crippen LogP contribution in [-0.2, 0) is 0 Å². The summed E-state index contributed by atoms with van der Waals surface area (Å²) in [5.41, 5.74) is 6.93. The van der Waals surface area contributed by atoms with Crippen molar-refractivity contribution in [2.24, 2.45) is 5.73 Å². The Hall–Kier alpha value is -1.02. The molecule has 2 nitrogen and oxygen atoms in total. The van der Waals surface area contributed by atoms with E-state index in [1.54, 1.807) is 7.11 Å². The Bertz CT molecular complexity index is 256. The molecule has 13 heavy (non-hydrogen) atoms. The van der Waals surface area contributed by atoms with Crippen molar-refractivity contribution in [3.63, 3.8) is 0 Å². The molecule has 72 valence electrons. The summed E-state index contributed by atoms with van der Waals surface area (Å²) in [7, 11) is 1.68. The van der Waals surface area contributed by atoms with Crippen molar-refractivity contribution >= 4 is 0 Å². The molecule has 0 fully saturated rings. The predicted octanol–water partition coefficient (Wildman–Crippen LogP) is 2.15. The van der Waals surface area contributed by atoms with E-state index in [1.807, 2.05) is 12.1 Å². The summed E-state index contributed by atoms with van der Waals surface area (Å²) in [4.78, 5) is 0. The second kappa shape index (κ2) is 4.87. The zero-order valence-corrected chi connectivity index (χ0v) is 8.29. The van der Waals surface area contributed by atoms with Crippen molar-refractivity contribution < 1.29 is 4.74 Å². The first-order valence-electron chi connectivity index (χ1n) is 4.65. The molecule has 0 aromatic heterocycles. The average molecular weight is 179 g/mol. The molecular formula is C11H17NO. The van der Waals surface area contributed by atoms with Gasteiger partial charge < -0.3 is 10.5 Å². The van der Waals surface area contributed by atoms with Crippen LogP contribution in [0.5, 0.6) is 5.75 Å². The highest BCUT2D eigenvalue weighted by Crippen LogP contribution is 2.22. The van der Waals surface area contributed by atoms with E-state index in [2.05, 4.69) is 19.1 Å². The molecule has 0 unspecified atom stereocenters. The highest BCUT2D eigenvalue weighted by Gasteiger charge is 2.06. The van der Waals surface area contributed by atoms with E-state index in [4.69, 9.17) is 10.5 Å². The average Bonchev–Trinajstić information content (AvgIpc) is 2.20. The third-order valence-corrected chi connectivity index (χ3v) is 2.34. The lowest BCUT2D eigenvalue weighted by Gasteiger charge is -2.13. The maximum atomic E-state index is 5.67. The summed E-state index contributed by atoms with van der Waals surface area (Å²) in [5, 5.41) is 0. The smallest absolute Gasteiger partial charge is 0.119 e. The normalized spacial score (nSPS) is 12.5. The third-order valence-electron chi connectivity index (χ3n) is 2.34. The summed E-state index contributed by atoms with van der Waals surface area (Å²) in [6, 6.07) is 8.11. The highest BCUT2D eigenvalue weighted by atomic mass is 16.5. The molecule has 0 radical (unpaired) electrons. The first-order chi connectivity index (χ1) is 6.31. The van der Waals surface area contributed by atoms with Gasteiger partial charge in [0.05, 0.1) is 7.11 Å². The maximum Gasteiger partial charge on any atom is 0.119 e. The molecule has 1 rings (SSSR count). The van der Waals surface area contributed by atoms with Gasteiger partial charge in [0.25, 0.3) is 0 Å². The predicted molar refractivity (Wildman–Crippen MR) is 55.1 cm³/mol. The minimum absolute atomic E-state index is 0.454. The molecule has 0 bridgehead atoms. The summed E-state index contributed by atoms with van der Waals surface area (Å²) in [6.45, 7) is 2.85. The Labute approximate surface area is 79.7 Å². The van der Waals surface area contributed by atoms with Gasteiger partial charge in [-0.05, 0) is 36.6 Å². The molecule has 1 atom stereocenters. The van der Waals surface area contributed by atoms with Crippen molar-refractivity contribution in [2.45, 2.75) is 19.3 Å². The first kappa shape index (κ1) is 10.1. The van der Waals surface area contributed by atoms with Gasteiger partial charge in [-0.1, -0.05) is 19.1 Å². The Kier molecular flexibility index (Phi) is 3.77. The van der Waals surface area contributed by atoms with Crippen molar-refractivity contribution in [2.75, 3.05) is 13.7 Å². The minimum Gasteiger partial charge on any atom is -0.497 e. The van der Waals surface area contributed by atoms with Gasteiger partial charge in [-0.2, -0.15) is 0 Å². The van der Waals surface area contributed by atoms with Gasteiger partial charge in [-0.15, -0.1) is 0 Å². The molecule has 0 aliphatic carbocycles. The molecule has 0 saturated heterocycles. The van der Waals surface area contributed by atoms with E-state index in [0.29, 0.717) is 12.5 Å². The van der Waals surface area contributed by atoms with Crippen LogP contribution >= 0.6 is 0 Å². The van der Waals surface area contributed by atoms with E-state index in [0.717, 1.165) is 12.2 Å². The summed E-state index contributed by atoms with van der Waals surface area (Å²) >= 11 is 0. The van der Waals surface area contributed by atoms with Crippen molar-refractivity contribution in [3.8, 4) is 5.75 Å². The van der Waals surface area contributed by atoms with Gasteiger partial charge in [0, 0.05) is 0 Å². The molecule has 0 spiro atoms. The first-order valence-corrected chi connectivity index (χ1v) is 4.65. The van der Waals surface area contributed by atoms with Crippen LogP contribution in [-0.4, -0.2) is 13.7 Å². The van der Waals surface area contributed by atoms with Gasteiger partial charge in [0.1, 0.15) is 5.75 Å². The fourth-order valence-corrected chi connectivity index (χ4v) is 1.43. The van der Waals surface area contributed by atoms with E-state index >= 15 is 0 Å². The molecule has 1 aromatic rings. The van der Waals surface area contributed by atoms with E-state index in [1.165, 1.54) is 5.56 Å². The number of rotatable bonds is 4. The SMILES string of the molecule is CC[C@H](CN)c1cccc(OC)c1. The lowest BCUT2D eigenvalue weighted by atomic mass is 9.97. The number of hydrogen-bond donors (Lipinski definition) is 1. The third kappa shape index (κ3) is 2.46. The van der Waals surface area contributed by atoms with Gasteiger partial charge in [-0.25, -0.2) is 0 Å². The zero-order chi connectivity index (χ0) is 9.68. The van der Waals surface area contributed by atoms with Crippen LogP contribution in [0, 0.1) is 0 Å². The van der Waals surface area contributed by atoms with Crippen molar-refractivity contribution in [1.82, 2.24) is 0 Å². The van der Waals surface area contributed by atoms with Crippen molar-refractivity contribution in [1.29, 1.82) is 0 Å². The molecule has 0 amide bonds. The van der Waals surface area contributed by atoms with E-state index in [-0.39, 0.29) is 0 Å². The topological polar surface area (TPSA) is 35.2 Å². The number of ether oxygens (including phenoxy) is 1. The highest BCUT2D eigenvalue weighted by molar-refractivity contribution is 5.30. The van der Waals surface area contributed by atoms with Crippen LogP contribution in [0.3, 0.4) is 0 Å². The summed E-state index contributed by atoms with van der Waals surface area (Å²) < 4.78 is 5.15. The lowest BCUT2D eigenvalue weighted by molar-refractivity contribution is 0.413. The fraction of sp³-hybridized carbons (Fsp3) is 0.455. The van der Waals surface area contributed by atoms with Crippen LogP contribution in [0.15, 0.2) is 24.3 Å². The molecule has 2 N–H and O–H groups in total.